The van der Waals surface area contributed by atoms with Crippen molar-refractivity contribution in [2.75, 3.05) is 19.6 Å². The lowest BCUT2D eigenvalue weighted by atomic mass is 9.88. The number of piperidine rings is 1. The van der Waals surface area contributed by atoms with E-state index < -0.39 is 0 Å². The first-order valence-corrected chi connectivity index (χ1v) is 11.7. The van der Waals surface area contributed by atoms with Gasteiger partial charge < -0.3 is 4.90 Å². The molecule has 1 aromatic heterocycles. The fourth-order valence-electron chi connectivity index (χ4n) is 4.93. The van der Waals surface area contributed by atoms with Gasteiger partial charge in [-0.1, -0.05) is 29.8 Å². The van der Waals surface area contributed by atoms with Crippen molar-refractivity contribution in [2.24, 2.45) is 0 Å². The largest absolute Gasteiger partial charge is 0.345 e. The smallest absolute Gasteiger partial charge is 0.301 e. The molecule has 172 valence electrons. The van der Waals surface area contributed by atoms with Crippen molar-refractivity contribution in [1.82, 2.24) is 19.2 Å². The topological polar surface area (TPSA) is 43.1 Å². The van der Waals surface area contributed by atoms with Gasteiger partial charge in [-0.05, 0) is 66.6 Å². The fourth-order valence-corrected chi connectivity index (χ4v) is 4.93. The first kappa shape index (κ1) is 21.8. The van der Waals surface area contributed by atoms with Crippen LogP contribution in [0.2, 0.25) is 0 Å². The van der Waals surface area contributed by atoms with Gasteiger partial charge in [0.25, 0.3) is 0 Å². The van der Waals surface area contributed by atoms with Crippen molar-refractivity contribution in [3.05, 3.63) is 93.2 Å². The number of aromatic nitrogens is 3. The minimum Gasteiger partial charge on any atom is -0.301 e. The Morgan fingerprint density at radius 1 is 0.788 bits per heavy atom. The van der Waals surface area contributed by atoms with Crippen LogP contribution in [0.3, 0.4) is 0 Å². The second-order valence-electron chi connectivity index (χ2n) is 8.86. The molecule has 1 saturated heterocycles. The van der Waals surface area contributed by atoms with Crippen molar-refractivity contribution in [3.63, 3.8) is 0 Å². The average molecular weight is 451 g/mol. The molecule has 7 heteroatoms. The fraction of sp³-hybridized carbons (Fsp3) is 0.385. The molecule has 0 amide bonds. The highest BCUT2D eigenvalue weighted by molar-refractivity contribution is 5.82. The number of nitrogens with zero attached hydrogens (tertiary/aromatic N) is 4. The Hall–Kier alpha value is -3.06. The van der Waals surface area contributed by atoms with Crippen LogP contribution in [-0.4, -0.2) is 38.9 Å². The number of benzene rings is 2. The molecule has 2 aliphatic rings. The summed E-state index contributed by atoms with van der Waals surface area (Å²) in [6.07, 6.45) is 4.78. The standard InChI is InChI=1S/C26H28F2N4O/c27-22-8-4-19(5-9-22)25(20-6-10-23(28)11-7-20)21-12-15-30(16-13-21)17-18-32-26(33)31-14-2-1-3-24(31)29-32/h4-11H,1-3,12-18H2. The molecule has 5 rings (SSSR count). The van der Waals surface area contributed by atoms with Gasteiger partial charge in [0.2, 0.25) is 0 Å². The minimum atomic E-state index is -0.270. The van der Waals surface area contributed by atoms with E-state index in [-0.39, 0.29) is 17.3 Å². The molecule has 0 radical (unpaired) electrons. The van der Waals surface area contributed by atoms with Crippen LogP contribution in [0.4, 0.5) is 8.78 Å². The van der Waals surface area contributed by atoms with Crippen molar-refractivity contribution in [3.8, 4) is 0 Å². The summed E-state index contributed by atoms with van der Waals surface area (Å²) in [6, 6.07) is 13.0. The van der Waals surface area contributed by atoms with E-state index in [1.165, 1.54) is 29.8 Å². The summed E-state index contributed by atoms with van der Waals surface area (Å²) in [4.78, 5) is 14.9. The van der Waals surface area contributed by atoms with Crippen molar-refractivity contribution < 1.29 is 8.78 Å². The van der Waals surface area contributed by atoms with Crippen LogP contribution in [0.25, 0.3) is 5.57 Å². The van der Waals surface area contributed by atoms with Crippen molar-refractivity contribution in [1.29, 1.82) is 0 Å². The Bertz CT molecular complexity index is 1150. The van der Waals surface area contributed by atoms with Gasteiger partial charge in [0.1, 0.15) is 17.5 Å². The van der Waals surface area contributed by atoms with E-state index in [4.69, 9.17) is 0 Å². The van der Waals surface area contributed by atoms with E-state index in [1.807, 2.05) is 4.57 Å². The molecule has 0 saturated carbocycles. The maximum absolute atomic E-state index is 13.5. The Morgan fingerprint density at radius 3 is 1.97 bits per heavy atom. The van der Waals surface area contributed by atoms with Crippen molar-refractivity contribution >= 4 is 5.57 Å². The van der Waals surface area contributed by atoms with Crippen LogP contribution in [0.5, 0.6) is 0 Å². The lowest BCUT2D eigenvalue weighted by molar-refractivity contribution is 0.242. The second kappa shape index (κ2) is 9.43. The second-order valence-corrected chi connectivity index (χ2v) is 8.86. The van der Waals surface area contributed by atoms with Gasteiger partial charge in [-0.3, -0.25) is 4.57 Å². The van der Waals surface area contributed by atoms with E-state index in [9.17, 15) is 13.6 Å². The van der Waals surface area contributed by atoms with E-state index >= 15 is 0 Å². The summed E-state index contributed by atoms with van der Waals surface area (Å²) < 4.78 is 30.5. The van der Waals surface area contributed by atoms with E-state index in [0.29, 0.717) is 6.54 Å². The van der Waals surface area contributed by atoms with Crippen LogP contribution in [0.1, 0.15) is 42.6 Å². The number of likely N-dealkylation sites (tertiary alicyclic amines) is 1. The molecule has 0 N–H and O–H groups in total. The van der Waals surface area contributed by atoms with E-state index in [0.717, 1.165) is 80.8 Å². The van der Waals surface area contributed by atoms with Gasteiger partial charge in [0, 0.05) is 32.6 Å². The van der Waals surface area contributed by atoms with Gasteiger partial charge in [-0.25, -0.2) is 18.3 Å². The Labute approximate surface area is 192 Å². The zero-order valence-electron chi connectivity index (χ0n) is 18.6. The number of rotatable bonds is 5. The van der Waals surface area contributed by atoms with Gasteiger partial charge in [0.15, 0.2) is 0 Å². The summed E-state index contributed by atoms with van der Waals surface area (Å²) in [5.41, 5.74) is 4.26. The maximum atomic E-state index is 13.5. The first-order valence-electron chi connectivity index (χ1n) is 11.7. The molecule has 5 nitrogen and oxygen atoms in total. The molecule has 0 spiro atoms. The predicted octanol–water partition coefficient (Wildman–Crippen LogP) is 4.26. The molecule has 2 aliphatic heterocycles. The Morgan fingerprint density at radius 2 is 1.39 bits per heavy atom. The summed E-state index contributed by atoms with van der Waals surface area (Å²) in [5, 5.41) is 4.54. The Kier molecular flexibility index (Phi) is 6.22. The van der Waals surface area contributed by atoms with E-state index in [1.54, 1.807) is 28.9 Å². The summed E-state index contributed by atoms with van der Waals surface area (Å²) in [5.74, 6) is 0.375. The third-order valence-corrected chi connectivity index (χ3v) is 6.74. The lowest BCUT2D eigenvalue weighted by Gasteiger charge is -2.30. The molecule has 33 heavy (non-hydrogen) atoms. The molecule has 1 fully saturated rings. The molecule has 0 bridgehead atoms. The first-order chi connectivity index (χ1) is 16.1. The summed E-state index contributed by atoms with van der Waals surface area (Å²) in [6.45, 7) is 3.92. The van der Waals surface area contributed by atoms with Gasteiger partial charge >= 0.3 is 5.69 Å². The van der Waals surface area contributed by atoms with Gasteiger partial charge in [0.05, 0.1) is 6.54 Å². The summed E-state index contributed by atoms with van der Waals surface area (Å²) >= 11 is 0. The number of fused-ring (bicyclic) bond motifs is 1. The Balaban J connectivity index is 1.31. The molecule has 3 aromatic rings. The average Bonchev–Trinajstić information content (AvgIpc) is 3.17. The van der Waals surface area contributed by atoms with Crippen LogP contribution < -0.4 is 5.69 Å². The predicted molar refractivity (Wildman–Crippen MR) is 124 cm³/mol. The monoisotopic (exact) mass is 450 g/mol. The van der Waals surface area contributed by atoms with Gasteiger partial charge in [-0.15, -0.1) is 0 Å². The number of aryl methyl sites for hydroxylation is 1. The molecular formula is C26H28F2N4O. The zero-order valence-corrected chi connectivity index (χ0v) is 18.6. The highest BCUT2D eigenvalue weighted by Gasteiger charge is 2.21. The van der Waals surface area contributed by atoms with Gasteiger partial charge in [-0.2, -0.15) is 5.10 Å². The van der Waals surface area contributed by atoms with E-state index in [2.05, 4.69) is 10.00 Å². The molecular weight excluding hydrogens is 422 g/mol. The molecule has 0 aliphatic carbocycles. The normalized spacial score (nSPS) is 16.6. The minimum absolute atomic E-state index is 0.0113. The number of hydrogen-bond acceptors (Lipinski definition) is 3. The maximum Gasteiger partial charge on any atom is 0.345 e. The van der Waals surface area contributed by atoms with Crippen molar-refractivity contribution in [2.45, 2.75) is 45.2 Å². The third kappa shape index (κ3) is 4.69. The summed E-state index contributed by atoms with van der Waals surface area (Å²) in [7, 11) is 0. The molecule has 3 heterocycles. The zero-order chi connectivity index (χ0) is 22.8. The van der Waals surface area contributed by atoms with Crippen LogP contribution >= 0.6 is 0 Å². The SMILES string of the molecule is O=c1n(CCN2CCC(=C(c3ccc(F)cc3)c3ccc(F)cc3)CC2)nc2n1CCCC2. The molecule has 0 unspecified atom stereocenters. The lowest BCUT2D eigenvalue weighted by Crippen LogP contribution is -2.36. The highest BCUT2D eigenvalue weighted by Crippen LogP contribution is 2.32. The quantitative estimate of drug-likeness (QED) is 0.584. The van der Waals surface area contributed by atoms with Crippen LogP contribution in [0, 0.1) is 11.6 Å². The molecule has 2 aromatic carbocycles. The van der Waals surface area contributed by atoms with Crippen LogP contribution in [-0.2, 0) is 19.5 Å². The third-order valence-electron chi connectivity index (χ3n) is 6.74. The van der Waals surface area contributed by atoms with Crippen LogP contribution in [0.15, 0.2) is 58.9 Å². The number of halogens is 2. The number of hydrogen-bond donors (Lipinski definition) is 0. The highest BCUT2D eigenvalue weighted by atomic mass is 19.1. The molecule has 0 atom stereocenters.